The van der Waals surface area contributed by atoms with Gasteiger partial charge in [-0.25, -0.2) is 9.98 Å². The summed E-state index contributed by atoms with van der Waals surface area (Å²) in [5.41, 5.74) is 2.11. The lowest BCUT2D eigenvalue weighted by molar-refractivity contribution is 0.107. The predicted octanol–water partition coefficient (Wildman–Crippen LogP) is 3.76. The van der Waals surface area contributed by atoms with E-state index < -0.39 is 0 Å². The molecule has 6 nitrogen and oxygen atoms in total. The molecule has 0 spiro atoms. The molecule has 1 saturated carbocycles. The van der Waals surface area contributed by atoms with Gasteiger partial charge >= 0.3 is 0 Å². The van der Waals surface area contributed by atoms with Crippen molar-refractivity contribution in [2.24, 2.45) is 4.99 Å². The van der Waals surface area contributed by atoms with Crippen LogP contribution in [0.4, 0.5) is 0 Å². The summed E-state index contributed by atoms with van der Waals surface area (Å²) in [7, 11) is 0. The first kappa shape index (κ1) is 21.2. The number of hydrogen-bond donors (Lipinski definition) is 2. The van der Waals surface area contributed by atoms with E-state index in [1.54, 1.807) is 6.26 Å². The zero-order chi connectivity index (χ0) is 20.7. The highest BCUT2D eigenvalue weighted by molar-refractivity contribution is 7.99. The van der Waals surface area contributed by atoms with Crippen molar-refractivity contribution < 1.29 is 4.42 Å². The molecule has 2 aliphatic rings. The smallest absolute Gasteiger partial charge is 0.226 e. The highest BCUT2D eigenvalue weighted by Gasteiger charge is 2.39. The number of rotatable bonds is 7. The van der Waals surface area contributed by atoms with E-state index in [-0.39, 0.29) is 5.54 Å². The summed E-state index contributed by atoms with van der Waals surface area (Å²) in [6.07, 6.45) is 6.95. The zero-order valence-corrected chi connectivity index (χ0v) is 18.7. The van der Waals surface area contributed by atoms with Crippen molar-refractivity contribution in [2.75, 3.05) is 37.7 Å². The molecular formula is C23H33N5OS. The van der Waals surface area contributed by atoms with Gasteiger partial charge < -0.3 is 15.1 Å². The molecule has 1 aromatic carbocycles. The summed E-state index contributed by atoms with van der Waals surface area (Å²) < 4.78 is 5.65. The fraction of sp³-hybridized carbons (Fsp3) is 0.565. The Morgan fingerprint density at radius 2 is 1.93 bits per heavy atom. The molecule has 0 atom stereocenters. The lowest BCUT2D eigenvalue weighted by Gasteiger charge is -2.43. The van der Waals surface area contributed by atoms with Crippen LogP contribution in [0.3, 0.4) is 0 Å². The number of nitrogens with one attached hydrogen (secondary N) is 2. The standard InChI is InChI=1S/C23H33N5OS/c1-2-24-22(25-16-20-17-29-21(27-20)19-8-4-3-5-9-19)26-18-23(10-6-7-11-23)28-12-14-30-15-13-28/h3-5,8-9,17H,2,6-7,10-16,18H2,1H3,(H2,24,25,26). The van der Waals surface area contributed by atoms with Crippen molar-refractivity contribution in [2.45, 2.75) is 44.7 Å². The first-order chi connectivity index (χ1) is 14.8. The van der Waals surface area contributed by atoms with Gasteiger partial charge in [0, 0.05) is 48.8 Å². The summed E-state index contributed by atoms with van der Waals surface area (Å²) in [5, 5.41) is 7.03. The largest absolute Gasteiger partial charge is 0.444 e. The molecule has 1 saturated heterocycles. The molecule has 2 aromatic rings. The van der Waals surface area contributed by atoms with Gasteiger partial charge in [0.2, 0.25) is 5.89 Å². The van der Waals surface area contributed by atoms with Crippen molar-refractivity contribution in [1.29, 1.82) is 0 Å². The minimum atomic E-state index is 0.283. The minimum Gasteiger partial charge on any atom is -0.444 e. The molecule has 7 heteroatoms. The van der Waals surface area contributed by atoms with E-state index in [0.717, 1.165) is 30.3 Å². The lowest BCUT2D eigenvalue weighted by atomic mass is 9.94. The van der Waals surface area contributed by atoms with Crippen molar-refractivity contribution in [1.82, 2.24) is 20.5 Å². The molecule has 162 valence electrons. The highest BCUT2D eigenvalue weighted by Crippen LogP contribution is 2.36. The topological polar surface area (TPSA) is 65.7 Å². The minimum absolute atomic E-state index is 0.283. The maximum Gasteiger partial charge on any atom is 0.226 e. The summed E-state index contributed by atoms with van der Waals surface area (Å²) in [5.74, 6) is 4.02. The average Bonchev–Trinajstić information content (AvgIpc) is 3.48. The maximum absolute atomic E-state index is 5.65. The molecule has 2 fully saturated rings. The zero-order valence-electron chi connectivity index (χ0n) is 17.9. The fourth-order valence-corrected chi connectivity index (χ4v) is 5.42. The molecule has 0 amide bonds. The molecular weight excluding hydrogens is 394 g/mol. The van der Waals surface area contributed by atoms with Crippen LogP contribution in [0.1, 0.15) is 38.3 Å². The average molecular weight is 428 g/mol. The Kier molecular flexibility index (Phi) is 7.33. The third-order valence-corrected chi connectivity index (χ3v) is 7.06. The van der Waals surface area contributed by atoms with Crippen LogP contribution in [0, 0.1) is 0 Å². The second-order valence-corrected chi connectivity index (χ2v) is 9.31. The number of guanidine groups is 1. The van der Waals surface area contributed by atoms with E-state index >= 15 is 0 Å². The van der Waals surface area contributed by atoms with Gasteiger partial charge in [-0.2, -0.15) is 11.8 Å². The number of thioether (sulfide) groups is 1. The molecule has 2 N–H and O–H groups in total. The number of aromatic nitrogens is 1. The van der Waals surface area contributed by atoms with E-state index in [2.05, 4.69) is 39.2 Å². The van der Waals surface area contributed by atoms with Gasteiger partial charge in [-0.1, -0.05) is 31.0 Å². The van der Waals surface area contributed by atoms with Crippen LogP contribution < -0.4 is 10.6 Å². The molecule has 2 heterocycles. The molecule has 0 unspecified atom stereocenters. The quantitative estimate of drug-likeness (QED) is 0.518. The van der Waals surface area contributed by atoms with E-state index in [1.165, 1.54) is 50.3 Å². The first-order valence-corrected chi connectivity index (χ1v) is 12.3. The van der Waals surface area contributed by atoms with Crippen molar-refractivity contribution in [3.63, 3.8) is 0 Å². The van der Waals surface area contributed by atoms with Crippen LogP contribution in [-0.2, 0) is 6.54 Å². The van der Waals surface area contributed by atoms with Crippen LogP contribution in [0.25, 0.3) is 11.5 Å². The Hall–Kier alpha value is -1.99. The predicted molar refractivity (Wildman–Crippen MR) is 125 cm³/mol. The number of nitrogens with zero attached hydrogens (tertiary/aromatic N) is 3. The second-order valence-electron chi connectivity index (χ2n) is 8.09. The van der Waals surface area contributed by atoms with Crippen molar-refractivity contribution in [3.05, 3.63) is 42.3 Å². The van der Waals surface area contributed by atoms with Crippen molar-refractivity contribution >= 4 is 17.7 Å². The SMILES string of the molecule is CCNC(=NCc1coc(-c2ccccc2)n1)NCC1(N2CCSCC2)CCCC1. The molecule has 1 aliphatic carbocycles. The number of aliphatic imine (C=N–C) groups is 1. The Morgan fingerprint density at radius 3 is 2.67 bits per heavy atom. The van der Waals surface area contributed by atoms with Gasteiger partial charge in [0.25, 0.3) is 0 Å². The Bertz CT molecular complexity index is 810. The van der Waals surface area contributed by atoms with Crippen LogP contribution in [0.5, 0.6) is 0 Å². The third-order valence-electron chi connectivity index (χ3n) is 6.12. The van der Waals surface area contributed by atoms with Gasteiger partial charge in [-0.3, -0.25) is 4.90 Å². The number of benzene rings is 1. The number of hydrogen-bond acceptors (Lipinski definition) is 5. The molecule has 0 radical (unpaired) electrons. The van der Waals surface area contributed by atoms with E-state index in [0.29, 0.717) is 12.4 Å². The van der Waals surface area contributed by atoms with Crippen LogP contribution >= 0.6 is 11.8 Å². The monoisotopic (exact) mass is 427 g/mol. The third kappa shape index (κ3) is 5.19. The molecule has 1 aromatic heterocycles. The van der Waals surface area contributed by atoms with Gasteiger partial charge in [-0.15, -0.1) is 0 Å². The van der Waals surface area contributed by atoms with Gasteiger partial charge in [0.1, 0.15) is 12.0 Å². The van der Waals surface area contributed by atoms with Crippen LogP contribution in [-0.4, -0.2) is 59.1 Å². The fourth-order valence-electron chi connectivity index (χ4n) is 4.52. The first-order valence-electron chi connectivity index (χ1n) is 11.1. The highest BCUT2D eigenvalue weighted by atomic mass is 32.2. The Morgan fingerprint density at radius 1 is 1.17 bits per heavy atom. The van der Waals surface area contributed by atoms with Crippen LogP contribution in [0.2, 0.25) is 0 Å². The Balaban J connectivity index is 1.39. The lowest BCUT2D eigenvalue weighted by Crippen LogP contribution is -2.57. The Labute approximate surface area is 183 Å². The second kappa shape index (κ2) is 10.4. The summed E-state index contributed by atoms with van der Waals surface area (Å²) in [6, 6.07) is 9.98. The van der Waals surface area contributed by atoms with Crippen molar-refractivity contribution in [3.8, 4) is 11.5 Å². The summed E-state index contributed by atoms with van der Waals surface area (Å²) in [6.45, 7) is 6.82. The molecule has 1 aliphatic heterocycles. The summed E-state index contributed by atoms with van der Waals surface area (Å²) >= 11 is 2.08. The van der Waals surface area contributed by atoms with Gasteiger partial charge in [0.05, 0.1) is 6.54 Å². The van der Waals surface area contributed by atoms with E-state index in [9.17, 15) is 0 Å². The molecule has 30 heavy (non-hydrogen) atoms. The molecule has 4 rings (SSSR count). The van der Waals surface area contributed by atoms with E-state index in [1.807, 2.05) is 30.3 Å². The molecule has 0 bridgehead atoms. The number of oxazole rings is 1. The maximum atomic E-state index is 5.65. The van der Waals surface area contributed by atoms with Gasteiger partial charge in [0.15, 0.2) is 5.96 Å². The van der Waals surface area contributed by atoms with E-state index in [4.69, 9.17) is 9.41 Å². The van der Waals surface area contributed by atoms with Crippen LogP contribution in [0.15, 0.2) is 46.0 Å². The normalized spacial score (nSPS) is 19.7. The summed E-state index contributed by atoms with van der Waals surface area (Å²) in [4.78, 5) is 12.1. The van der Waals surface area contributed by atoms with Gasteiger partial charge in [-0.05, 0) is 31.9 Å².